The molecule has 1 amide bonds. The van der Waals surface area contributed by atoms with Gasteiger partial charge in [0.15, 0.2) is 6.61 Å². The highest BCUT2D eigenvalue weighted by Gasteiger charge is 2.18. The summed E-state index contributed by atoms with van der Waals surface area (Å²) in [7, 11) is 0. The summed E-state index contributed by atoms with van der Waals surface area (Å²) in [5.41, 5.74) is 0.757. The minimum absolute atomic E-state index is 0.0482. The Bertz CT molecular complexity index is 730. The average molecular weight is 346 g/mol. The number of rotatable bonds is 7. The molecule has 0 unspecified atom stereocenters. The van der Waals surface area contributed by atoms with Gasteiger partial charge in [-0.1, -0.05) is 26.0 Å². The Kier molecular flexibility index (Phi) is 6.05. The van der Waals surface area contributed by atoms with Crippen molar-refractivity contribution < 1.29 is 18.8 Å². The number of hydrogen-bond acceptors (Lipinski definition) is 4. The first-order chi connectivity index (χ1) is 11.9. The van der Waals surface area contributed by atoms with Crippen LogP contribution < -0.4 is 10.1 Å². The summed E-state index contributed by atoms with van der Waals surface area (Å²) in [5, 5.41) is 13.5. The van der Waals surface area contributed by atoms with Gasteiger partial charge in [-0.2, -0.15) is 0 Å². The van der Waals surface area contributed by atoms with Crippen molar-refractivity contribution in [3.8, 4) is 5.75 Å². The van der Waals surface area contributed by atoms with E-state index in [9.17, 15) is 19.3 Å². The molecule has 0 saturated heterocycles. The van der Waals surface area contributed by atoms with Crippen LogP contribution in [-0.2, 0) is 4.79 Å². The largest absolute Gasteiger partial charge is 0.484 e. The van der Waals surface area contributed by atoms with Gasteiger partial charge in [0, 0.05) is 12.1 Å². The number of carbonyl (C=O) groups is 1. The van der Waals surface area contributed by atoms with Crippen LogP contribution in [0.3, 0.4) is 0 Å². The molecule has 2 aromatic rings. The number of benzene rings is 2. The van der Waals surface area contributed by atoms with Crippen LogP contribution in [0.4, 0.5) is 10.1 Å². The molecule has 1 N–H and O–H groups in total. The van der Waals surface area contributed by atoms with Crippen molar-refractivity contribution in [3.63, 3.8) is 0 Å². The fourth-order valence-corrected chi connectivity index (χ4v) is 2.33. The number of non-ortho nitro benzene ring substituents is 1. The Labute approximate surface area is 144 Å². The number of halogens is 1. The molecule has 0 saturated carbocycles. The molecule has 0 aliphatic heterocycles. The molecular formula is C18H19FN2O4. The molecular weight excluding hydrogens is 327 g/mol. The second-order valence-electron chi connectivity index (χ2n) is 5.88. The monoisotopic (exact) mass is 346 g/mol. The van der Waals surface area contributed by atoms with Crippen molar-refractivity contribution in [1.29, 1.82) is 0 Å². The van der Waals surface area contributed by atoms with Crippen molar-refractivity contribution in [1.82, 2.24) is 5.32 Å². The van der Waals surface area contributed by atoms with Crippen molar-refractivity contribution in [2.24, 2.45) is 5.92 Å². The summed E-state index contributed by atoms with van der Waals surface area (Å²) >= 11 is 0. The van der Waals surface area contributed by atoms with Crippen LogP contribution in [0.5, 0.6) is 5.75 Å². The fourth-order valence-electron chi connectivity index (χ4n) is 2.33. The predicted octanol–water partition coefficient (Wildman–Crippen LogP) is 3.63. The SMILES string of the molecule is CC(C)[C@@H](NC(=O)COc1ccc([N+](=O)[O-])cc1)c1ccc(F)cc1. The Balaban J connectivity index is 1.95. The Morgan fingerprint density at radius 3 is 2.28 bits per heavy atom. The third kappa shape index (κ3) is 5.27. The van der Waals surface area contributed by atoms with Crippen molar-refractivity contribution in [2.45, 2.75) is 19.9 Å². The molecule has 0 radical (unpaired) electrons. The molecule has 25 heavy (non-hydrogen) atoms. The van der Waals surface area contributed by atoms with Gasteiger partial charge in [0.2, 0.25) is 0 Å². The van der Waals surface area contributed by atoms with E-state index in [-0.39, 0.29) is 36.0 Å². The van der Waals surface area contributed by atoms with Crippen LogP contribution in [0, 0.1) is 21.8 Å². The summed E-state index contributed by atoms with van der Waals surface area (Å²) in [6, 6.07) is 11.2. The second-order valence-corrected chi connectivity index (χ2v) is 5.88. The number of nitrogens with one attached hydrogen (secondary N) is 1. The number of nitro groups is 1. The van der Waals surface area contributed by atoms with Crippen LogP contribution in [-0.4, -0.2) is 17.4 Å². The highest BCUT2D eigenvalue weighted by atomic mass is 19.1. The number of nitro benzene ring substituents is 1. The number of carbonyl (C=O) groups excluding carboxylic acids is 1. The van der Waals surface area contributed by atoms with Gasteiger partial charge >= 0.3 is 0 Å². The third-order valence-corrected chi connectivity index (χ3v) is 3.63. The standard InChI is InChI=1S/C18H19FN2O4/c1-12(2)18(13-3-5-14(19)6-4-13)20-17(22)11-25-16-9-7-15(8-10-16)21(23)24/h3-10,12,18H,11H2,1-2H3,(H,20,22)/t18-/m1/s1. The zero-order chi connectivity index (χ0) is 18.4. The molecule has 0 aliphatic rings. The van der Waals surface area contributed by atoms with Crippen LogP contribution in [0.15, 0.2) is 48.5 Å². The zero-order valence-electron chi connectivity index (χ0n) is 13.9. The molecule has 6 nitrogen and oxygen atoms in total. The molecule has 7 heteroatoms. The molecule has 0 bridgehead atoms. The molecule has 0 heterocycles. The fraction of sp³-hybridized carbons (Fsp3) is 0.278. The Morgan fingerprint density at radius 1 is 1.16 bits per heavy atom. The number of amides is 1. The molecule has 1 atom stereocenters. The molecule has 0 aliphatic carbocycles. The van der Waals surface area contributed by atoms with Crippen LogP contribution in [0.25, 0.3) is 0 Å². The lowest BCUT2D eigenvalue weighted by molar-refractivity contribution is -0.384. The van der Waals surface area contributed by atoms with Gasteiger partial charge in [-0.15, -0.1) is 0 Å². The van der Waals surface area contributed by atoms with Gasteiger partial charge in [-0.3, -0.25) is 14.9 Å². The summed E-state index contributed by atoms with van der Waals surface area (Å²) in [4.78, 5) is 22.2. The van der Waals surface area contributed by atoms with Gasteiger partial charge < -0.3 is 10.1 Å². The van der Waals surface area contributed by atoms with Gasteiger partial charge in [0.1, 0.15) is 11.6 Å². The van der Waals surface area contributed by atoms with E-state index in [2.05, 4.69) is 5.32 Å². The molecule has 132 valence electrons. The summed E-state index contributed by atoms with van der Waals surface area (Å²) in [5.74, 6) is -0.196. The van der Waals surface area contributed by atoms with Gasteiger partial charge in [-0.25, -0.2) is 4.39 Å². The number of ether oxygens (including phenoxy) is 1. The molecule has 2 aromatic carbocycles. The summed E-state index contributed by atoms with van der Waals surface area (Å²) in [6.07, 6.45) is 0. The molecule has 0 fully saturated rings. The molecule has 2 rings (SSSR count). The van der Waals surface area contributed by atoms with Crippen molar-refractivity contribution >= 4 is 11.6 Å². The second kappa shape index (κ2) is 8.23. The highest BCUT2D eigenvalue weighted by molar-refractivity contribution is 5.78. The quantitative estimate of drug-likeness (QED) is 0.613. The Morgan fingerprint density at radius 2 is 1.76 bits per heavy atom. The topological polar surface area (TPSA) is 81.5 Å². The van der Waals surface area contributed by atoms with E-state index in [0.29, 0.717) is 5.75 Å². The minimum atomic E-state index is -0.508. The molecule has 0 aromatic heterocycles. The van der Waals surface area contributed by atoms with Gasteiger partial charge in [-0.05, 0) is 35.7 Å². The van der Waals surface area contributed by atoms with E-state index in [4.69, 9.17) is 4.74 Å². The lowest BCUT2D eigenvalue weighted by Gasteiger charge is -2.23. The minimum Gasteiger partial charge on any atom is -0.484 e. The predicted molar refractivity (Wildman–Crippen MR) is 90.7 cm³/mol. The van der Waals surface area contributed by atoms with E-state index in [0.717, 1.165) is 5.56 Å². The van der Waals surface area contributed by atoms with E-state index >= 15 is 0 Å². The maximum Gasteiger partial charge on any atom is 0.269 e. The van der Waals surface area contributed by atoms with E-state index in [1.165, 1.54) is 36.4 Å². The maximum absolute atomic E-state index is 13.1. The normalized spacial score (nSPS) is 11.8. The van der Waals surface area contributed by atoms with E-state index in [1.54, 1.807) is 12.1 Å². The number of nitrogens with zero attached hydrogens (tertiary/aromatic N) is 1. The van der Waals surface area contributed by atoms with Gasteiger partial charge in [0.25, 0.3) is 11.6 Å². The van der Waals surface area contributed by atoms with Crippen molar-refractivity contribution in [3.05, 3.63) is 70.0 Å². The van der Waals surface area contributed by atoms with Crippen LogP contribution in [0.2, 0.25) is 0 Å². The Hall–Kier alpha value is -2.96. The van der Waals surface area contributed by atoms with Gasteiger partial charge in [0.05, 0.1) is 11.0 Å². The van der Waals surface area contributed by atoms with Crippen molar-refractivity contribution in [2.75, 3.05) is 6.61 Å². The average Bonchev–Trinajstić information content (AvgIpc) is 2.59. The first kappa shape index (κ1) is 18.4. The molecule has 0 spiro atoms. The smallest absolute Gasteiger partial charge is 0.269 e. The zero-order valence-corrected chi connectivity index (χ0v) is 13.9. The third-order valence-electron chi connectivity index (χ3n) is 3.63. The number of hydrogen-bond donors (Lipinski definition) is 1. The van der Waals surface area contributed by atoms with E-state index < -0.39 is 4.92 Å². The highest BCUT2D eigenvalue weighted by Crippen LogP contribution is 2.22. The maximum atomic E-state index is 13.1. The van der Waals surface area contributed by atoms with Crippen LogP contribution >= 0.6 is 0 Å². The first-order valence-corrected chi connectivity index (χ1v) is 7.79. The first-order valence-electron chi connectivity index (χ1n) is 7.79. The summed E-state index contributed by atoms with van der Waals surface area (Å²) < 4.78 is 18.4. The lowest BCUT2D eigenvalue weighted by Crippen LogP contribution is -2.35. The lowest BCUT2D eigenvalue weighted by atomic mass is 9.96. The van der Waals surface area contributed by atoms with Crippen LogP contribution in [0.1, 0.15) is 25.5 Å². The summed E-state index contributed by atoms with van der Waals surface area (Å²) in [6.45, 7) is 3.68. The van der Waals surface area contributed by atoms with E-state index in [1.807, 2.05) is 13.8 Å².